The van der Waals surface area contributed by atoms with E-state index < -0.39 is 5.97 Å². The van der Waals surface area contributed by atoms with E-state index in [-0.39, 0.29) is 11.6 Å². The highest BCUT2D eigenvalue weighted by Gasteiger charge is 2.26. The molecule has 0 atom stereocenters. The summed E-state index contributed by atoms with van der Waals surface area (Å²) in [5, 5.41) is 12.5. The van der Waals surface area contributed by atoms with Gasteiger partial charge in [-0.3, -0.25) is 0 Å². The Morgan fingerprint density at radius 3 is 2.45 bits per heavy atom. The molecule has 2 fully saturated rings. The summed E-state index contributed by atoms with van der Waals surface area (Å²) in [5.41, 5.74) is 8.69. The van der Waals surface area contributed by atoms with Crippen LogP contribution in [0.5, 0.6) is 0 Å². The maximum Gasteiger partial charge on any atom is 0.335 e. The fourth-order valence-electron chi connectivity index (χ4n) is 5.08. The van der Waals surface area contributed by atoms with Crippen LogP contribution in [0, 0.1) is 0 Å². The SMILES string of the molecule is CN(c1nc(Nc2ccc(C(=O)O)cc2)c2ncn(C3CCCC3)c2n1)[C@H]1CC[C@H](N)CC1. The second kappa shape index (κ2) is 8.97. The number of carboxylic acid groups (broad SMARTS) is 1. The van der Waals surface area contributed by atoms with E-state index in [9.17, 15) is 9.90 Å². The molecule has 0 amide bonds. The average molecular weight is 450 g/mol. The molecule has 0 aliphatic heterocycles. The summed E-state index contributed by atoms with van der Waals surface area (Å²) in [7, 11) is 2.06. The summed E-state index contributed by atoms with van der Waals surface area (Å²) in [6.45, 7) is 0. The minimum Gasteiger partial charge on any atom is -0.478 e. The Labute approximate surface area is 193 Å². The van der Waals surface area contributed by atoms with Gasteiger partial charge in [0.25, 0.3) is 0 Å². The van der Waals surface area contributed by atoms with E-state index in [4.69, 9.17) is 15.7 Å². The number of nitrogens with two attached hydrogens (primary N) is 1. The number of aromatic carboxylic acids is 1. The smallest absolute Gasteiger partial charge is 0.335 e. The summed E-state index contributed by atoms with van der Waals surface area (Å²) in [6, 6.07) is 7.71. The number of anilines is 3. The van der Waals surface area contributed by atoms with Crippen LogP contribution in [0.4, 0.5) is 17.5 Å². The predicted molar refractivity (Wildman–Crippen MR) is 128 cm³/mol. The van der Waals surface area contributed by atoms with Gasteiger partial charge in [-0.15, -0.1) is 0 Å². The van der Waals surface area contributed by atoms with Gasteiger partial charge in [0, 0.05) is 30.9 Å². The Morgan fingerprint density at radius 2 is 1.79 bits per heavy atom. The number of fused-ring (bicyclic) bond motifs is 1. The number of nitrogens with one attached hydrogen (secondary N) is 1. The van der Waals surface area contributed by atoms with Crippen molar-refractivity contribution in [1.82, 2.24) is 19.5 Å². The topological polar surface area (TPSA) is 122 Å². The Hall–Kier alpha value is -3.20. The van der Waals surface area contributed by atoms with Gasteiger partial charge in [-0.2, -0.15) is 9.97 Å². The van der Waals surface area contributed by atoms with Crippen LogP contribution in [0.25, 0.3) is 11.2 Å². The molecule has 2 aliphatic carbocycles. The molecule has 5 rings (SSSR count). The first-order chi connectivity index (χ1) is 16.0. The first kappa shape index (κ1) is 21.6. The fourth-order valence-corrected chi connectivity index (χ4v) is 5.08. The molecular formula is C24H31N7O2. The molecule has 0 bridgehead atoms. The van der Waals surface area contributed by atoms with Crippen LogP contribution in [0.1, 0.15) is 67.8 Å². The van der Waals surface area contributed by atoms with E-state index in [0.29, 0.717) is 23.8 Å². The lowest BCUT2D eigenvalue weighted by Gasteiger charge is -2.33. The quantitative estimate of drug-likeness (QED) is 0.514. The van der Waals surface area contributed by atoms with E-state index in [2.05, 4.69) is 26.8 Å². The van der Waals surface area contributed by atoms with Crippen molar-refractivity contribution in [1.29, 1.82) is 0 Å². The standard InChI is InChI=1S/C24H31N7O2/c1-30(18-12-8-16(25)9-13-18)24-28-21(27-17-10-6-15(7-11-17)23(32)33)20-22(29-24)31(14-26-20)19-4-2-3-5-19/h6-7,10-11,14,16,18-19H,2-5,8-9,12-13,25H2,1H3,(H,32,33)(H,27,28,29)/t16-,18-. The van der Waals surface area contributed by atoms with Crippen LogP contribution in [-0.2, 0) is 0 Å². The van der Waals surface area contributed by atoms with Crippen molar-refractivity contribution in [3.63, 3.8) is 0 Å². The number of imidazole rings is 1. The highest BCUT2D eigenvalue weighted by molar-refractivity contribution is 5.89. The van der Waals surface area contributed by atoms with Gasteiger partial charge in [0.2, 0.25) is 5.95 Å². The number of hydrogen-bond donors (Lipinski definition) is 3. The largest absolute Gasteiger partial charge is 0.478 e. The minimum atomic E-state index is -0.947. The van der Waals surface area contributed by atoms with E-state index in [1.807, 2.05) is 6.33 Å². The summed E-state index contributed by atoms with van der Waals surface area (Å²) in [5.74, 6) is 0.360. The normalized spacial score (nSPS) is 21.4. The third-order valence-electron chi connectivity index (χ3n) is 7.13. The van der Waals surface area contributed by atoms with Crippen molar-refractivity contribution >= 4 is 34.6 Å². The second-order valence-corrected chi connectivity index (χ2v) is 9.32. The number of rotatable bonds is 6. The molecule has 174 valence electrons. The molecule has 1 aromatic carbocycles. The molecule has 0 unspecified atom stereocenters. The monoisotopic (exact) mass is 449 g/mol. The van der Waals surface area contributed by atoms with E-state index >= 15 is 0 Å². The summed E-state index contributed by atoms with van der Waals surface area (Å²) < 4.78 is 2.21. The summed E-state index contributed by atoms with van der Waals surface area (Å²) in [4.78, 5) is 27.9. The van der Waals surface area contributed by atoms with Crippen molar-refractivity contribution in [3.05, 3.63) is 36.2 Å². The van der Waals surface area contributed by atoms with Gasteiger partial charge in [0.05, 0.1) is 11.9 Å². The summed E-state index contributed by atoms with van der Waals surface area (Å²) >= 11 is 0. The van der Waals surface area contributed by atoms with Crippen LogP contribution >= 0.6 is 0 Å². The van der Waals surface area contributed by atoms with Crippen LogP contribution in [0.15, 0.2) is 30.6 Å². The second-order valence-electron chi connectivity index (χ2n) is 9.32. The molecule has 0 spiro atoms. The molecule has 33 heavy (non-hydrogen) atoms. The Balaban J connectivity index is 1.52. The van der Waals surface area contributed by atoms with E-state index in [1.54, 1.807) is 24.3 Å². The first-order valence-electron chi connectivity index (χ1n) is 11.8. The Bertz CT molecular complexity index is 1130. The third-order valence-corrected chi connectivity index (χ3v) is 7.13. The van der Waals surface area contributed by atoms with Crippen molar-refractivity contribution < 1.29 is 9.90 Å². The van der Waals surface area contributed by atoms with E-state index in [1.165, 1.54) is 12.8 Å². The van der Waals surface area contributed by atoms with E-state index in [0.717, 1.165) is 55.4 Å². The van der Waals surface area contributed by atoms with Crippen molar-refractivity contribution in [3.8, 4) is 0 Å². The Kier molecular flexibility index (Phi) is 5.88. The van der Waals surface area contributed by atoms with Crippen molar-refractivity contribution in [2.45, 2.75) is 69.5 Å². The number of carbonyl (C=O) groups is 1. The molecule has 3 aromatic rings. The predicted octanol–water partition coefficient (Wildman–Crippen LogP) is 4.09. The molecule has 4 N–H and O–H groups in total. The van der Waals surface area contributed by atoms with Gasteiger partial charge in [-0.1, -0.05) is 12.8 Å². The number of aromatic nitrogens is 4. The van der Waals surface area contributed by atoms with Crippen LogP contribution in [0.2, 0.25) is 0 Å². The molecule has 9 heteroatoms. The molecular weight excluding hydrogens is 418 g/mol. The third kappa shape index (κ3) is 4.37. The van der Waals surface area contributed by atoms with Crippen molar-refractivity contribution in [2.75, 3.05) is 17.3 Å². The number of carboxylic acids is 1. The number of hydrogen-bond acceptors (Lipinski definition) is 7. The van der Waals surface area contributed by atoms with Crippen LogP contribution in [0.3, 0.4) is 0 Å². The van der Waals surface area contributed by atoms with Crippen LogP contribution in [-0.4, -0.2) is 49.7 Å². The first-order valence-corrected chi connectivity index (χ1v) is 11.8. The molecule has 0 saturated heterocycles. The van der Waals surface area contributed by atoms with Gasteiger partial charge in [0.1, 0.15) is 0 Å². The zero-order chi connectivity index (χ0) is 22.9. The maximum absolute atomic E-state index is 11.2. The zero-order valence-electron chi connectivity index (χ0n) is 18.9. The average Bonchev–Trinajstić information content (AvgIpc) is 3.49. The number of benzene rings is 1. The van der Waals surface area contributed by atoms with Crippen molar-refractivity contribution in [2.24, 2.45) is 5.73 Å². The molecule has 9 nitrogen and oxygen atoms in total. The van der Waals surface area contributed by atoms with Gasteiger partial charge in [-0.25, -0.2) is 9.78 Å². The molecule has 2 heterocycles. The van der Waals surface area contributed by atoms with Gasteiger partial charge in [-0.05, 0) is 62.8 Å². The maximum atomic E-state index is 11.2. The lowest BCUT2D eigenvalue weighted by Crippen LogP contribution is -2.39. The van der Waals surface area contributed by atoms with Gasteiger partial charge >= 0.3 is 5.97 Å². The van der Waals surface area contributed by atoms with Gasteiger partial charge in [0.15, 0.2) is 17.0 Å². The Morgan fingerprint density at radius 1 is 1.09 bits per heavy atom. The molecule has 2 aliphatic rings. The highest BCUT2D eigenvalue weighted by atomic mass is 16.4. The number of nitrogens with zero attached hydrogens (tertiary/aromatic N) is 5. The molecule has 0 radical (unpaired) electrons. The molecule has 2 aromatic heterocycles. The lowest BCUT2D eigenvalue weighted by atomic mass is 9.91. The minimum absolute atomic E-state index is 0.245. The highest BCUT2D eigenvalue weighted by Crippen LogP contribution is 2.34. The van der Waals surface area contributed by atoms with Crippen LogP contribution < -0.4 is 16.0 Å². The van der Waals surface area contributed by atoms with Gasteiger partial charge < -0.3 is 25.6 Å². The molecule has 2 saturated carbocycles. The fraction of sp³-hybridized carbons (Fsp3) is 0.500. The zero-order valence-corrected chi connectivity index (χ0v) is 18.9. The lowest BCUT2D eigenvalue weighted by molar-refractivity contribution is 0.0697. The summed E-state index contributed by atoms with van der Waals surface area (Å²) in [6.07, 6.45) is 10.7.